The van der Waals surface area contributed by atoms with Crippen LogP contribution in [-0.4, -0.2) is 42.3 Å². The predicted octanol–water partition coefficient (Wildman–Crippen LogP) is 2.98. The summed E-state index contributed by atoms with van der Waals surface area (Å²) in [5.41, 5.74) is 0.793. The number of hydrogen-bond acceptors (Lipinski definition) is 6. The van der Waals surface area contributed by atoms with E-state index in [-0.39, 0.29) is 0 Å². The molecule has 23 heavy (non-hydrogen) atoms. The van der Waals surface area contributed by atoms with Crippen molar-refractivity contribution in [3.63, 3.8) is 0 Å². The van der Waals surface area contributed by atoms with Crippen LogP contribution in [0.4, 0.5) is 0 Å². The lowest BCUT2D eigenvalue weighted by atomic mass is 10.2. The normalized spacial score (nSPS) is 15.7. The maximum Gasteiger partial charge on any atom is 0.241 e. The molecule has 2 aromatic rings. The van der Waals surface area contributed by atoms with E-state index >= 15 is 0 Å². The molecule has 1 aromatic carbocycles. The Kier molecular flexibility index (Phi) is 4.52. The average Bonchev–Trinajstić information content (AvgIpc) is 3.33. The van der Waals surface area contributed by atoms with E-state index in [2.05, 4.69) is 29.0 Å². The Morgan fingerprint density at radius 1 is 1.30 bits per heavy atom. The van der Waals surface area contributed by atoms with Gasteiger partial charge in [0.15, 0.2) is 0 Å². The Morgan fingerprint density at radius 2 is 2.09 bits per heavy atom. The number of benzene rings is 1. The molecule has 6 heteroatoms. The maximum absolute atomic E-state index is 5.41. The quantitative estimate of drug-likeness (QED) is 0.782. The molecule has 1 unspecified atom stereocenters. The van der Waals surface area contributed by atoms with E-state index in [4.69, 9.17) is 14.0 Å². The minimum Gasteiger partial charge on any atom is -0.497 e. The molecule has 0 bridgehead atoms. The minimum atomic E-state index is 0.534. The number of aromatic nitrogens is 2. The first kappa shape index (κ1) is 15.8. The third kappa shape index (κ3) is 3.47. The number of nitrogens with zero attached hydrogens (tertiary/aromatic N) is 3. The van der Waals surface area contributed by atoms with Crippen LogP contribution in [0, 0.1) is 5.92 Å². The highest BCUT2D eigenvalue weighted by molar-refractivity contribution is 5.65. The number of rotatable bonds is 7. The lowest BCUT2D eigenvalue weighted by Gasteiger charge is -2.22. The third-order valence-electron chi connectivity index (χ3n) is 4.50. The number of hydrogen-bond donors (Lipinski definition) is 0. The molecule has 1 aromatic heterocycles. The van der Waals surface area contributed by atoms with E-state index in [0.717, 1.165) is 17.2 Å². The zero-order chi connectivity index (χ0) is 16.4. The first-order chi connectivity index (χ1) is 11.1. The summed E-state index contributed by atoms with van der Waals surface area (Å²) < 4.78 is 16.0. The van der Waals surface area contributed by atoms with Crippen LogP contribution < -0.4 is 9.47 Å². The zero-order valence-corrected chi connectivity index (χ0v) is 14.1. The largest absolute Gasteiger partial charge is 0.497 e. The average molecular weight is 317 g/mol. The fourth-order valence-corrected chi connectivity index (χ4v) is 2.71. The fraction of sp³-hybridized carbons (Fsp3) is 0.529. The summed E-state index contributed by atoms with van der Waals surface area (Å²) in [6, 6.07) is 6.09. The molecule has 3 rings (SSSR count). The van der Waals surface area contributed by atoms with Crippen molar-refractivity contribution in [3.8, 4) is 22.9 Å². The van der Waals surface area contributed by atoms with Gasteiger partial charge in [0.25, 0.3) is 0 Å². The van der Waals surface area contributed by atoms with Crippen molar-refractivity contribution in [1.29, 1.82) is 0 Å². The van der Waals surface area contributed by atoms with Gasteiger partial charge in [-0.2, -0.15) is 4.98 Å². The van der Waals surface area contributed by atoms with Gasteiger partial charge in [-0.05, 0) is 44.9 Å². The summed E-state index contributed by atoms with van der Waals surface area (Å²) in [5.74, 6) is 3.35. The van der Waals surface area contributed by atoms with Gasteiger partial charge in [-0.1, -0.05) is 5.16 Å². The van der Waals surface area contributed by atoms with Crippen LogP contribution in [0.3, 0.4) is 0 Å². The van der Waals surface area contributed by atoms with Crippen LogP contribution in [-0.2, 0) is 6.54 Å². The molecule has 0 N–H and O–H groups in total. The molecule has 0 saturated heterocycles. The molecule has 124 valence electrons. The summed E-state index contributed by atoms with van der Waals surface area (Å²) in [4.78, 5) is 6.77. The molecule has 1 saturated carbocycles. The van der Waals surface area contributed by atoms with Crippen molar-refractivity contribution in [2.24, 2.45) is 5.92 Å². The Labute approximate surface area is 136 Å². The molecule has 1 fully saturated rings. The molecule has 6 nitrogen and oxygen atoms in total. The Hall–Kier alpha value is -2.08. The molecule has 0 aliphatic heterocycles. The van der Waals surface area contributed by atoms with Crippen LogP contribution in [0.25, 0.3) is 11.4 Å². The molecule has 1 atom stereocenters. The predicted molar refractivity (Wildman–Crippen MR) is 86.5 cm³/mol. The van der Waals surface area contributed by atoms with Crippen molar-refractivity contribution in [1.82, 2.24) is 15.0 Å². The SMILES string of the molecule is COc1ccc(-c2noc(CN(C)C(C)C3CC3)n2)c(OC)c1. The summed E-state index contributed by atoms with van der Waals surface area (Å²) >= 11 is 0. The molecule has 1 heterocycles. The second-order valence-corrected chi connectivity index (χ2v) is 6.07. The van der Waals surface area contributed by atoms with E-state index in [1.807, 2.05) is 18.2 Å². The van der Waals surface area contributed by atoms with Gasteiger partial charge in [-0.15, -0.1) is 0 Å². The summed E-state index contributed by atoms with van der Waals surface area (Å²) in [7, 11) is 5.34. The standard InChI is InChI=1S/C17H23N3O3/c1-11(12-5-6-12)20(2)10-16-18-17(19-23-16)14-8-7-13(21-3)9-15(14)22-4/h7-9,11-12H,5-6,10H2,1-4H3. The van der Waals surface area contributed by atoms with Gasteiger partial charge in [-0.25, -0.2) is 0 Å². The Balaban J connectivity index is 1.76. The van der Waals surface area contributed by atoms with Crippen LogP contribution >= 0.6 is 0 Å². The number of methoxy groups -OCH3 is 2. The Morgan fingerprint density at radius 3 is 2.74 bits per heavy atom. The molecule has 0 amide bonds. The summed E-state index contributed by atoms with van der Waals surface area (Å²) in [6.07, 6.45) is 2.65. The van der Waals surface area contributed by atoms with Gasteiger partial charge in [0.1, 0.15) is 11.5 Å². The third-order valence-corrected chi connectivity index (χ3v) is 4.50. The van der Waals surface area contributed by atoms with Crippen molar-refractivity contribution in [2.75, 3.05) is 21.3 Å². The smallest absolute Gasteiger partial charge is 0.241 e. The van der Waals surface area contributed by atoms with E-state index in [0.29, 0.717) is 30.1 Å². The lowest BCUT2D eigenvalue weighted by Crippen LogP contribution is -2.30. The molecule has 1 aliphatic carbocycles. The van der Waals surface area contributed by atoms with Crippen LogP contribution in [0.5, 0.6) is 11.5 Å². The van der Waals surface area contributed by atoms with Crippen LogP contribution in [0.15, 0.2) is 22.7 Å². The van der Waals surface area contributed by atoms with E-state index in [1.165, 1.54) is 12.8 Å². The van der Waals surface area contributed by atoms with Gasteiger partial charge in [0, 0.05) is 12.1 Å². The molecule has 0 spiro atoms. The maximum atomic E-state index is 5.41. The molecular formula is C17H23N3O3. The van der Waals surface area contributed by atoms with Crippen LogP contribution in [0.1, 0.15) is 25.7 Å². The highest BCUT2D eigenvalue weighted by atomic mass is 16.5. The van der Waals surface area contributed by atoms with Gasteiger partial charge in [0.05, 0.1) is 26.3 Å². The highest BCUT2D eigenvalue weighted by Crippen LogP contribution is 2.35. The second kappa shape index (κ2) is 6.58. The monoisotopic (exact) mass is 317 g/mol. The zero-order valence-electron chi connectivity index (χ0n) is 14.1. The van der Waals surface area contributed by atoms with Crippen molar-refractivity contribution in [3.05, 3.63) is 24.1 Å². The second-order valence-electron chi connectivity index (χ2n) is 6.07. The topological polar surface area (TPSA) is 60.6 Å². The first-order valence-corrected chi connectivity index (χ1v) is 7.87. The summed E-state index contributed by atoms with van der Waals surface area (Å²) in [6.45, 7) is 2.91. The minimum absolute atomic E-state index is 0.534. The van der Waals surface area contributed by atoms with Gasteiger partial charge < -0.3 is 14.0 Å². The Bertz CT molecular complexity index is 667. The first-order valence-electron chi connectivity index (χ1n) is 7.87. The fourth-order valence-electron chi connectivity index (χ4n) is 2.71. The van der Waals surface area contributed by atoms with E-state index in [1.54, 1.807) is 14.2 Å². The number of ether oxygens (including phenoxy) is 2. The van der Waals surface area contributed by atoms with E-state index in [9.17, 15) is 0 Å². The molecule has 0 radical (unpaired) electrons. The van der Waals surface area contributed by atoms with Crippen molar-refractivity contribution in [2.45, 2.75) is 32.4 Å². The van der Waals surface area contributed by atoms with E-state index < -0.39 is 0 Å². The summed E-state index contributed by atoms with van der Waals surface area (Å²) in [5, 5.41) is 4.09. The van der Waals surface area contributed by atoms with Gasteiger partial charge in [-0.3, -0.25) is 4.90 Å². The van der Waals surface area contributed by atoms with Crippen LogP contribution in [0.2, 0.25) is 0 Å². The van der Waals surface area contributed by atoms with Gasteiger partial charge >= 0.3 is 0 Å². The molecule has 1 aliphatic rings. The highest BCUT2D eigenvalue weighted by Gasteiger charge is 2.31. The lowest BCUT2D eigenvalue weighted by molar-refractivity contribution is 0.197. The van der Waals surface area contributed by atoms with Gasteiger partial charge in [0.2, 0.25) is 11.7 Å². The van der Waals surface area contributed by atoms with Crippen molar-refractivity contribution < 1.29 is 14.0 Å². The molecular weight excluding hydrogens is 294 g/mol. The van der Waals surface area contributed by atoms with Crippen molar-refractivity contribution >= 4 is 0 Å².